The van der Waals surface area contributed by atoms with Crippen molar-refractivity contribution in [1.29, 1.82) is 0 Å². The predicted octanol–water partition coefficient (Wildman–Crippen LogP) is 2.79. The van der Waals surface area contributed by atoms with Crippen LogP contribution in [0.5, 0.6) is 0 Å². The Hall–Kier alpha value is -2.80. The van der Waals surface area contributed by atoms with Gasteiger partial charge in [0.15, 0.2) is 5.13 Å². The first-order valence-electron chi connectivity index (χ1n) is 7.54. The molecule has 2 aromatic heterocycles. The highest BCUT2D eigenvalue weighted by molar-refractivity contribution is 7.22. The number of thiazole rings is 1. The van der Waals surface area contributed by atoms with E-state index in [9.17, 15) is 4.79 Å². The summed E-state index contributed by atoms with van der Waals surface area (Å²) in [6, 6.07) is 7.75. The summed E-state index contributed by atoms with van der Waals surface area (Å²) >= 11 is 1.65. The Labute approximate surface area is 143 Å². The van der Waals surface area contributed by atoms with Crippen LogP contribution in [0.3, 0.4) is 0 Å². The standard InChI is InChI=1S/C17H17N5OS/c1-12-5-4-6-14-15(12)24-17(22-14)19-9-3-2-8-18-16(23)13-7-10-20-21-11-13/h2-7,10-11H,8-9H2,1H3,(H,18,23)(H,19,22)/b3-2+. The zero-order valence-electron chi connectivity index (χ0n) is 13.2. The predicted molar refractivity (Wildman–Crippen MR) is 96.4 cm³/mol. The van der Waals surface area contributed by atoms with Crippen LogP contribution in [0.2, 0.25) is 0 Å². The van der Waals surface area contributed by atoms with Crippen molar-refractivity contribution >= 4 is 32.6 Å². The molecule has 0 radical (unpaired) electrons. The van der Waals surface area contributed by atoms with Crippen LogP contribution in [-0.4, -0.2) is 34.2 Å². The van der Waals surface area contributed by atoms with E-state index in [-0.39, 0.29) is 5.91 Å². The average molecular weight is 339 g/mol. The molecule has 122 valence electrons. The molecule has 0 bridgehead atoms. The SMILES string of the molecule is Cc1cccc2nc(NC/C=C/CNC(=O)c3ccnnc3)sc12. The second-order valence-electron chi connectivity index (χ2n) is 5.14. The smallest absolute Gasteiger partial charge is 0.253 e. The number of benzene rings is 1. The van der Waals surface area contributed by atoms with Crippen molar-refractivity contribution < 1.29 is 4.79 Å². The Morgan fingerprint density at radius 2 is 2.08 bits per heavy atom. The molecule has 0 aliphatic rings. The molecule has 1 amide bonds. The molecule has 3 aromatic rings. The number of carbonyl (C=O) groups is 1. The highest BCUT2D eigenvalue weighted by atomic mass is 32.1. The maximum atomic E-state index is 11.8. The molecule has 0 fully saturated rings. The molecule has 0 saturated carbocycles. The fourth-order valence-corrected chi connectivity index (χ4v) is 3.09. The summed E-state index contributed by atoms with van der Waals surface area (Å²) in [5.74, 6) is -0.163. The minimum absolute atomic E-state index is 0.163. The molecule has 0 saturated heterocycles. The minimum Gasteiger partial charge on any atom is -0.358 e. The van der Waals surface area contributed by atoms with Crippen molar-refractivity contribution in [2.75, 3.05) is 18.4 Å². The van der Waals surface area contributed by atoms with Gasteiger partial charge in [-0.25, -0.2) is 4.98 Å². The highest BCUT2D eigenvalue weighted by Gasteiger charge is 2.04. The summed E-state index contributed by atoms with van der Waals surface area (Å²) in [4.78, 5) is 16.3. The van der Waals surface area contributed by atoms with Gasteiger partial charge in [0.05, 0.1) is 28.2 Å². The van der Waals surface area contributed by atoms with E-state index in [1.165, 1.54) is 22.7 Å². The van der Waals surface area contributed by atoms with Gasteiger partial charge in [-0.3, -0.25) is 4.79 Å². The third kappa shape index (κ3) is 3.94. The van der Waals surface area contributed by atoms with Crippen molar-refractivity contribution in [2.24, 2.45) is 0 Å². The third-order valence-electron chi connectivity index (χ3n) is 3.38. The van der Waals surface area contributed by atoms with E-state index in [4.69, 9.17) is 0 Å². The molecule has 1 aromatic carbocycles. The Morgan fingerprint density at radius 3 is 2.88 bits per heavy atom. The molecule has 0 spiro atoms. The van der Waals surface area contributed by atoms with Gasteiger partial charge in [-0.15, -0.1) is 0 Å². The number of amides is 1. The number of hydrogen-bond acceptors (Lipinski definition) is 6. The average Bonchev–Trinajstić information content (AvgIpc) is 3.03. The van der Waals surface area contributed by atoms with Crippen LogP contribution in [0.15, 0.2) is 48.8 Å². The lowest BCUT2D eigenvalue weighted by atomic mass is 10.2. The van der Waals surface area contributed by atoms with Crippen molar-refractivity contribution in [1.82, 2.24) is 20.5 Å². The Bertz CT molecular complexity index is 860. The number of aryl methyl sites for hydroxylation is 1. The molecule has 7 heteroatoms. The first-order chi connectivity index (χ1) is 11.7. The molecular weight excluding hydrogens is 322 g/mol. The zero-order chi connectivity index (χ0) is 16.8. The van der Waals surface area contributed by atoms with Crippen molar-refractivity contribution in [3.8, 4) is 0 Å². The van der Waals surface area contributed by atoms with Crippen molar-refractivity contribution in [3.05, 3.63) is 59.9 Å². The number of anilines is 1. The summed E-state index contributed by atoms with van der Waals surface area (Å²) in [7, 11) is 0. The Balaban J connectivity index is 1.45. The maximum absolute atomic E-state index is 11.8. The van der Waals surface area contributed by atoms with E-state index in [0.717, 1.165) is 10.6 Å². The zero-order valence-corrected chi connectivity index (χ0v) is 14.0. The molecular formula is C17H17N5OS. The van der Waals surface area contributed by atoms with E-state index < -0.39 is 0 Å². The normalized spacial score (nSPS) is 11.0. The van der Waals surface area contributed by atoms with Gasteiger partial charge in [0.2, 0.25) is 0 Å². The molecule has 2 N–H and O–H groups in total. The van der Waals surface area contributed by atoms with Gasteiger partial charge >= 0.3 is 0 Å². The van der Waals surface area contributed by atoms with Crippen molar-refractivity contribution in [3.63, 3.8) is 0 Å². The third-order valence-corrected chi connectivity index (χ3v) is 4.54. The fourth-order valence-electron chi connectivity index (χ4n) is 2.15. The van der Waals surface area contributed by atoms with E-state index in [1.807, 2.05) is 24.3 Å². The maximum Gasteiger partial charge on any atom is 0.253 e. The number of nitrogens with one attached hydrogen (secondary N) is 2. The lowest BCUT2D eigenvalue weighted by molar-refractivity contribution is 0.0957. The summed E-state index contributed by atoms with van der Waals surface area (Å²) in [6.07, 6.45) is 6.80. The molecule has 24 heavy (non-hydrogen) atoms. The molecule has 0 unspecified atom stereocenters. The number of nitrogens with zero attached hydrogens (tertiary/aromatic N) is 3. The van der Waals surface area contributed by atoms with Gasteiger partial charge in [0.1, 0.15) is 0 Å². The quantitative estimate of drug-likeness (QED) is 0.675. The van der Waals surface area contributed by atoms with E-state index >= 15 is 0 Å². The molecule has 6 nitrogen and oxygen atoms in total. The minimum atomic E-state index is -0.163. The van der Waals surface area contributed by atoms with Crippen LogP contribution in [0.25, 0.3) is 10.2 Å². The van der Waals surface area contributed by atoms with E-state index in [1.54, 1.807) is 17.4 Å². The van der Waals surface area contributed by atoms with Gasteiger partial charge < -0.3 is 10.6 Å². The lowest BCUT2D eigenvalue weighted by Gasteiger charge is -2.01. The van der Waals surface area contributed by atoms with E-state index in [0.29, 0.717) is 18.7 Å². The van der Waals surface area contributed by atoms with Gasteiger partial charge in [0, 0.05) is 13.1 Å². The first kappa shape index (κ1) is 16.1. The Kier molecular flexibility index (Phi) is 5.12. The summed E-state index contributed by atoms with van der Waals surface area (Å²) in [6.45, 7) is 3.21. The summed E-state index contributed by atoms with van der Waals surface area (Å²) in [5, 5.41) is 14.3. The topological polar surface area (TPSA) is 79.8 Å². The molecule has 0 aliphatic heterocycles. The monoisotopic (exact) mass is 339 g/mol. The first-order valence-corrected chi connectivity index (χ1v) is 8.35. The number of hydrogen-bond donors (Lipinski definition) is 2. The van der Waals surface area contributed by atoms with Gasteiger partial charge in [-0.1, -0.05) is 35.6 Å². The molecule has 2 heterocycles. The largest absolute Gasteiger partial charge is 0.358 e. The summed E-state index contributed by atoms with van der Waals surface area (Å²) < 4.78 is 1.21. The van der Waals surface area contributed by atoms with Crippen LogP contribution in [0.1, 0.15) is 15.9 Å². The molecule has 0 atom stereocenters. The second-order valence-corrected chi connectivity index (χ2v) is 6.13. The van der Waals surface area contributed by atoms with Crippen LogP contribution < -0.4 is 10.6 Å². The van der Waals surface area contributed by atoms with Gasteiger partial charge in [-0.05, 0) is 24.6 Å². The Morgan fingerprint density at radius 1 is 1.21 bits per heavy atom. The second kappa shape index (κ2) is 7.65. The highest BCUT2D eigenvalue weighted by Crippen LogP contribution is 2.28. The fraction of sp³-hybridized carbons (Fsp3) is 0.176. The number of aromatic nitrogens is 3. The van der Waals surface area contributed by atoms with Gasteiger partial charge in [-0.2, -0.15) is 10.2 Å². The van der Waals surface area contributed by atoms with Crippen LogP contribution in [0, 0.1) is 6.92 Å². The summed E-state index contributed by atoms with van der Waals surface area (Å²) in [5.41, 5.74) is 2.76. The lowest BCUT2D eigenvalue weighted by Crippen LogP contribution is -2.23. The number of fused-ring (bicyclic) bond motifs is 1. The number of carbonyl (C=O) groups excluding carboxylic acids is 1. The van der Waals surface area contributed by atoms with Gasteiger partial charge in [0.25, 0.3) is 5.91 Å². The number of rotatable bonds is 6. The molecule has 0 aliphatic carbocycles. The molecule has 3 rings (SSSR count). The van der Waals surface area contributed by atoms with Crippen LogP contribution >= 0.6 is 11.3 Å². The van der Waals surface area contributed by atoms with E-state index in [2.05, 4.69) is 38.8 Å². The van der Waals surface area contributed by atoms with Crippen LogP contribution in [0.4, 0.5) is 5.13 Å². The van der Waals surface area contributed by atoms with Crippen LogP contribution in [-0.2, 0) is 0 Å². The van der Waals surface area contributed by atoms with Crippen molar-refractivity contribution in [2.45, 2.75) is 6.92 Å².